The van der Waals surface area contributed by atoms with Crippen molar-refractivity contribution in [2.24, 2.45) is 5.92 Å². The number of carbonyl (C=O) groups excluding carboxylic acids is 1. The van der Waals surface area contributed by atoms with E-state index < -0.39 is 11.9 Å². The minimum Gasteiger partial charge on any atom is -0.472 e. The molecule has 2 bridgehead atoms. The van der Waals surface area contributed by atoms with Crippen molar-refractivity contribution in [1.82, 2.24) is 10.6 Å². The van der Waals surface area contributed by atoms with E-state index in [2.05, 4.69) is 16.7 Å². The molecule has 4 atom stereocenters. The SMILES string of the molecule is N#CC(Cc1ccc(-c2ccoc2)cc1F)NC(=O)[C@H]1N[C@@H]2CCC1C2. The van der Waals surface area contributed by atoms with E-state index in [4.69, 9.17) is 4.42 Å². The van der Waals surface area contributed by atoms with Gasteiger partial charge in [-0.05, 0) is 48.4 Å². The van der Waals surface area contributed by atoms with Crippen molar-refractivity contribution in [3.63, 3.8) is 0 Å². The molecule has 1 saturated carbocycles. The molecule has 2 heterocycles. The number of halogens is 1. The standard InChI is InChI=1S/C20H20FN3O2/c21-18-9-12(15-5-6-26-11-15)1-2-13(18)7-17(10-22)24-20(25)19-14-3-4-16(8-14)23-19/h1-2,5-6,9,11,14,16-17,19,23H,3-4,7-8H2,(H,24,25)/t14?,16-,17?,19+/m1/s1. The lowest BCUT2D eigenvalue weighted by atomic mass is 9.98. The maximum atomic E-state index is 14.4. The van der Waals surface area contributed by atoms with Crippen LogP contribution in [0.25, 0.3) is 11.1 Å². The summed E-state index contributed by atoms with van der Waals surface area (Å²) < 4.78 is 19.4. The Morgan fingerprint density at radius 2 is 2.27 bits per heavy atom. The van der Waals surface area contributed by atoms with Crippen LogP contribution >= 0.6 is 0 Å². The van der Waals surface area contributed by atoms with Gasteiger partial charge in [0.15, 0.2) is 0 Å². The number of hydrogen-bond donors (Lipinski definition) is 2. The van der Waals surface area contributed by atoms with Gasteiger partial charge in [0.25, 0.3) is 0 Å². The molecular formula is C20H20FN3O2. The Hall–Kier alpha value is -2.65. The van der Waals surface area contributed by atoms with Gasteiger partial charge in [0, 0.05) is 18.0 Å². The van der Waals surface area contributed by atoms with Crippen LogP contribution in [0.2, 0.25) is 0 Å². The quantitative estimate of drug-likeness (QED) is 0.866. The number of nitriles is 1. The maximum absolute atomic E-state index is 14.4. The summed E-state index contributed by atoms with van der Waals surface area (Å²) in [7, 11) is 0. The van der Waals surface area contributed by atoms with E-state index >= 15 is 0 Å². The van der Waals surface area contributed by atoms with Crippen molar-refractivity contribution < 1.29 is 13.6 Å². The zero-order valence-electron chi connectivity index (χ0n) is 14.2. The zero-order chi connectivity index (χ0) is 18.1. The van der Waals surface area contributed by atoms with Gasteiger partial charge in [-0.1, -0.05) is 12.1 Å². The van der Waals surface area contributed by atoms with Gasteiger partial charge in [0.05, 0.1) is 24.6 Å². The summed E-state index contributed by atoms with van der Waals surface area (Å²) in [5.41, 5.74) is 1.91. The van der Waals surface area contributed by atoms with E-state index in [9.17, 15) is 14.4 Å². The van der Waals surface area contributed by atoms with E-state index in [1.165, 1.54) is 12.3 Å². The smallest absolute Gasteiger partial charge is 0.238 e. The molecule has 1 aromatic carbocycles. The van der Waals surface area contributed by atoms with Gasteiger partial charge in [-0.15, -0.1) is 0 Å². The number of benzene rings is 1. The van der Waals surface area contributed by atoms with Gasteiger partial charge in [-0.25, -0.2) is 4.39 Å². The third kappa shape index (κ3) is 3.23. The molecule has 5 nitrogen and oxygen atoms in total. The highest BCUT2D eigenvalue weighted by Gasteiger charge is 2.43. The lowest BCUT2D eigenvalue weighted by Gasteiger charge is -2.23. The number of fused-ring (bicyclic) bond motifs is 2. The van der Waals surface area contributed by atoms with Crippen molar-refractivity contribution in [1.29, 1.82) is 5.26 Å². The second-order valence-electron chi connectivity index (χ2n) is 7.13. The molecule has 2 aliphatic rings. The van der Waals surface area contributed by atoms with Crippen LogP contribution in [0.4, 0.5) is 4.39 Å². The predicted molar refractivity (Wildman–Crippen MR) is 93.4 cm³/mol. The second kappa shape index (κ2) is 6.93. The minimum absolute atomic E-state index is 0.139. The molecule has 2 aromatic rings. The Kier molecular flexibility index (Phi) is 4.48. The van der Waals surface area contributed by atoms with Crippen LogP contribution in [-0.2, 0) is 11.2 Å². The fourth-order valence-corrected chi connectivity index (χ4v) is 4.08. The molecule has 0 spiro atoms. The van der Waals surface area contributed by atoms with Crippen molar-refractivity contribution >= 4 is 5.91 Å². The summed E-state index contributed by atoms with van der Waals surface area (Å²) in [5, 5.41) is 15.5. The first-order valence-electron chi connectivity index (χ1n) is 8.91. The van der Waals surface area contributed by atoms with Crippen LogP contribution in [0.15, 0.2) is 41.2 Å². The normalized spacial score (nSPS) is 25.0. The average Bonchev–Trinajstić information content (AvgIpc) is 3.40. The molecule has 4 rings (SSSR count). The van der Waals surface area contributed by atoms with E-state index in [1.807, 2.05) is 0 Å². The number of rotatable bonds is 5. The molecule has 26 heavy (non-hydrogen) atoms. The van der Waals surface area contributed by atoms with Crippen LogP contribution in [0, 0.1) is 23.1 Å². The second-order valence-corrected chi connectivity index (χ2v) is 7.13. The summed E-state index contributed by atoms with van der Waals surface area (Å²) in [6.45, 7) is 0. The molecule has 1 amide bonds. The first-order chi connectivity index (χ1) is 12.6. The molecular weight excluding hydrogens is 333 g/mol. The number of nitrogens with one attached hydrogen (secondary N) is 2. The molecule has 6 heteroatoms. The average molecular weight is 353 g/mol. The Morgan fingerprint density at radius 1 is 1.38 bits per heavy atom. The third-order valence-electron chi connectivity index (χ3n) is 5.45. The molecule has 134 valence electrons. The molecule has 1 saturated heterocycles. The van der Waals surface area contributed by atoms with Gasteiger partial charge < -0.3 is 15.1 Å². The summed E-state index contributed by atoms with van der Waals surface area (Å²) >= 11 is 0. The molecule has 1 aliphatic carbocycles. The van der Waals surface area contributed by atoms with Crippen molar-refractivity contribution in [2.45, 2.75) is 43.8 Å². The zero-order valence-corrected chi connectivity index (χ0v) is 14.2. The van der Waals surface area contributed by atoms with Crippen LogP contribution in [0.5, 0.6) is 0 Å². The molecule has 2 unspecified atom stereocenters. The number of amides is 1. The van der Waals surface area contributed by atoms with Gasteiger partial charge in [0.2, 0.25) is 5.91 Å². The van der Waals surface area contributed by atoms with Gasteiger partial charge in [-0.3, -0.25) is 4.79 Å². The predicted octanol–water partition coefficient (Wildman–Crippen LogP) is 2.78. The number of furan rings is 1. The summed E-state index contributed by atoms with van der Waals surface area (Å²) in [6.07, 6.45) is 6.42. The van der Waals surface area contributed by atoms with Crippen molar-refractivity contribution in [3.05, 3.63) is 48.2 Å². The summed E-state index contributed by atoms with van der Waals surface area (Å²) in [4.78, 5) is 12.5. The van der Waals surface area contributed by atoms with Crippen molar-refractivity contribution in [3.8, 4) is 17.2 Å². The number of carbonyl (C=O) groups is 1. The molecule has 2 fully saturated rings. The maximum Gasteiger partial charge on any atom is 0.238 e. The first-order valence-corrected chi connectivity index (χ1v) is 8.91. The lowest BCUT2D eigenvalue weighted by Crippen LogP contribution is -2.50. The Morgan fingerprint density at radius 3 is 2.88 bits per heavy atom. The van der Waals surface area contributed by atoms with E-state index in [0.29, 0.717) is 23.1 Å². The van der Waals surface area contributed by atoms with Gasteiger partial charge in [-0.2, -0.15) is 5.26 Å². The number of piperidine rings is 1. The molecule has 1 aromatic heterocycles. The minimum atomic E-state index is -0.752. The summed E-state index contributed by atoms with van der Waals surface area (Å²) in [6, 6.07) is 8.15. The highest BCUT2D eigenvalue weighted by atomic mass is 19.1. The monoisotopic (exact) mass is 353 g/mol. The Bertz CT molecular complexity index is 843. The molecule has 1 aliphatic heterocycles. The van der Waals surface area contributed by atoms with E-state index in [1.54, 1.807) is 24.5 Å². The third-order valence-corrected chi connectivity index (χ3v) is 5.45. The van der Waals surface area contributed by atoms with Crippen molar-refractivity contribution in [2.75, 3.05) is 0 Å². The summed E-state index contributed by atoms with van der Waals surface area (Å²) in [5.74, 6) is -0.194. The molecule has 2 N–H and O–H groups in total. The highest BCUT2D eigenvalue weighted by Crippen LogP contribution is 2.35. The first kappa shape index (κ1) is 16.8. The fraction of sp³-hybridized carbons (Fsp3) is 0.400. The van der Waals surface area contributed by atoms with Crippen LogP contribution in [0.3, 0.4) is 0 Å². The van der Waals surface area contributed by atoms with E-state index in [0.717, 1.165) is 24.8 Å². The number of hydrogen-bond acceptors (Lipinski definition) is 4. The molecule has 0 radical (unpaired) electrons. The largest absolute Gasteiger partial charge is 0.472 e. The highest BCUT2D eigenvalue weighted by molar-refractivity contribution is 5.83. The van der Waals surface area contributed by atoms with Crippen LogP contribution < -0.4 is 10.6 Å². The van der Waals surface area contributed by atoms with Crippen LogP contribution in [0.1, 0.15) is 24.8 Å². The van der Waals surface area contributed by atoms with Gasteiger partial charge in [0.1, 0.15) is 11.9 Å². The van der Waals surface area contributed by atoms with Gasteiger partial charge >= 0.3 is 0 Å². The fourth-order valence-electron chi connectivity index (χ4n) is 4.08. The van der Waals surface area contributed by atoms with E-state index in [-0.39, 0.29) is 18.4 Å². The van der Waals surface area contributed by atoms with Crippen LogP contribution in [-0.4, -0.2) is 24.0 Å². The lowest BCUT2D eigenvalue weighted by molar-refractivity contribution is -0.124. The number of nitrogens with zero attached hydrogens (tertiary/aromatic N) is 1. The Labute approximate surface area is 151 Å². The topological polar surface area (TPSA) is 78.1 Å². The Balaban J connectivity index is 1.42.